The SMILES string of the molecule is CC1(Cc2ccccc2N)C=CC=CC1N. The fourth-order valence-corrected chi connectivity index (χ4v) is 2.07. The number of benzene rings is 1. The first-order valence-corrected chi connectivity index (χ1v) is 5.57. The van der Waals surface area contributed by atoms with Crippen molar-refractivity contribution in [2.75, 3.05) is 5.73 Å². The highest BCUT2D eigenvalue weighted by atomic mass is 14.7. The topological polar surface area (TPSA) is 52.0 Å². The van der Waals surface area contributed by atoms with Gasteiger partial charge in [0.25, 0.3) is 0 Å². The van der Waals surface area contributed by atoms with Gasteiger partial charge in [-0.2, -0.15) is 0 Å². The third-order valence-electron chi connectivity index (χ3n) is 3.29. The van der Waals surface area contributed by atoms with Crippen LogP contribution in [0.25, 0.3) is 0 Å². The maximum absolute atomic E-state index is 6.13. The van der Waals surface area contributed by atoms with E-state index in [1.807, 2.05) is 30.4 Å². The largest absolute Gasteiger partial charge is 0.399 e. The molecule has 0 saturated heterocycles. The number of hydrogen-bond donors (Lipinski definition) is 2. The fourth-order valence-electron chi connectivity index (χ4n) is 2.07. The first kappa shape index (κ1) is 11.0. The average molecular weight is 214 g/mol. The summed E-state index contributed by atoms with van der Waals surface area (Å²) in [6.45, 7) is 2.17. The van der Waals surface area contributed by atoms with Gasteiger partial charge in [0.15, 0.2) is 0 Å². The molecule has 2 rings (SSSR count). The highest BCUT2D eigenvalue weighted by Crippen LogP contribution is 2.32. The van der Waals surface area contributed by atoms with Crippen molar-refractivity contribution in [3.63, 3.8) is 0 Å². The van der Waals surface area contributed by atoms with Gasteiger partial charge in [0.1, 0.15) is 0 Å². The Hall–Kier alpha value is -1.54. The van der Waals surface area contributed by atoms with Gasteiger partial charge in [-0.15, -0.1) is 0 Å². The smallest absolute Gasteiger partial charge is 0.0346 e. The number of nitrogens with two attached hydrogens (primary N) is 2. The van der Waals surface area contributed by atoms with E-state index >= 15 is 0 Å². The van der Waals surface area contributed by atoms with E-state index in [0.717, 1.165) is 12.1 Å². The molecule has 16 heavy (non-hydrogen) atoms. The van der Waals surface area contributed by atoms with Crippen LogP contribution in [-0.4, -0.2) is 6.04 Å². The zero-order chi connectivity index (χ0) is 11.6. The summed E-state index contributed by atoms with van der Waals surface area (Å²) < 4.78 is 0. The molecular formula is C14H18N2. The summed E-state index contributed by atoms with van der Waals surface area (Å²) in [6.07, 6.45) is 9.15. The van der Waals surface area contributed by atoms with Gasteiger partial charge in [0, 0.05) is 17.1 Å². The van der Waals surface area contributed by atoms with Gasteiger partial charge in [-0.25, -0.2) is 0 Å². The van der Waals surface area contributed by atoms with Crippen LogP contribution in [0.2, 0.25) is 0 Å². The maximum atomic E-state index is 6.13. The van der Waals surface area contributed by atoms with Gasteiger partial charge in [-0.3, -0.25) is 0 Å². The summed E-state index contributed by atoms with van der Waals surface area (Å²) in [5.74, 6) is 0. The number of anilines is 1. The molecular weight excluding hydrogens is 196 g/mol. The van der Waals surface area contributed by atoms with Crippen molar-refractivity contribution in [3.8, 4) is 0 Å². The minimum absolute atomic E-state index is 0.0375. The van der Waals surface area contributed by atoms with E-state index in [1.165, 1.54) is 5.56 Å². The van der Waals surface area contributed by atoms with Crippen molar-refractivity contribution in [3.05, 3.63) is 54.1 Å². The van der Waals surface area contributed by atoms with E-state index in [0.29, 0.717) is 0 Å². The van der Waals surface area contributed by atoms with Gasteiger partial charge in [0.05, 0.1) is 0 Å². The van der Waals surface area contributed by atoms with E-state index in [4.69, 9.17) is 11.5 Å². The molecule has 2 nitrogen and oxygen atoms in total. The molecule has 0 aliphatic heterocycles. The minimum Gasteiger partial charge on any atom is -0.399 e. The van der Waals surface area contributed by atoms with E-state index < -0.39 is 0 Å². The van der Waals surface area contributed by atoms with Crippen LogP contribution in [0.4, 0.5) is 5.69 Å². The number of hydrogen-bond acceptors (Lipinski definition) is 2. The Labute approximate surface area is 96.6 Å². The van der Waals surface area contributed by atoms with Crippen LogP contribution in [0, 0.1) is 5.41 Å². The first-order valence-electron chi connectivity index (χ1n) is 5.57. The van der Waals surface area contributed by atoms with Crippen molar-refractivity contribution < 1.29 is 0 Å². The van der Waals surface area contributed by atoms with E-state index in [2.05, 4.69) is 25.1 Å². The summed E-state index contributed by atoms with van der Waals surface area (Å²) in [5.41, 5.74) is 14.1. The highest BCUT2D eigenvalue weighted by Gasteiger charge is 2.29. The maximum Gasteiger partial charge on any atom is 0.0346 e. The summed E-state index contributed by atoms with van der Waals surface area (Å²) in [6, 6.07) is 8.03. The van der Waals surface area contributed by atoms with Crippen LogP contribution in [0.1, 0.15) is 12.5 Å². The molecule has 2 unspecified atom stereocenters. The summed E-state index contributed by atoms with van der Waals surface area (Å²) >= 11 is 0. The third kappa shape index (κ3) is 2.02. The normalized spacial score (nSPS) is 28.2. The van der Waals surface area contributed by atoms with Crippen LogP contribution in [0.3, 0.4) is 0 Å². The molecule has 84 valence electrons. The van der Waals surface area contributed by atoms with E-state index in [-0.39, 0.29) is 11.5 Å². The van der Waals surface area contributed by atoms with E-state index in [9.17, 15) is 0 Å². The molecule has 1 aromatic rings. The van der Waals surface area contributed by atoms with Crippen LogP contribution in [-0.2, 0) is 6.42 Å². The molecule has 0 bridgehead atoms. The fraction of sp³-hybridized carbons (Fsp3) is 0.286. The molecule has 0 fully saturated rings. The molecule has 0 spiro atoms. The van der Waals surface area contributed by atoms with Crippen molar-refractivity contribution in [1.82, 2.24) is 0 Å². The highest BCUT2D eigenvalue weighted by molar-refractivity contribution is 5.47. The van der Waals surface area contributed by atoms with Crippen molar-refractivity contribution >= 4 is 5.69 Å². The lowest BCUT2D eigenvalue weighted by molar-refractivity contribution is 0.374. The zero-order valence-corrected chi connectivity index (χ0v) is 9.56. The first-order chi connectivity index (χ1) is 7.62. The Morgan fingerprint density at radius 2 is 2.00 bits per heavy atom. The van der Waals surface area contributed by atoms with Gasteiger partial charge in [-0.1, -0.05) is 49.4 Å². The monoisotopic (exact) mass is 214 g/mol. The molecule has 1 aliphatic carbocycles. The molecule has 0 radical (unpaired) electrons. The lowest BCUT2D eigenvalue weighted by Crippen LogP contribution is -2.39. The number of allylic oxidation sites excluding steroid dienone is 2. The zero-order valence-electron chi connectivity index (χ0n) is 9.56. The molecule has 2 heteroatoms. The van der Waals surface area contributed by atoms with Crippen molar-refractivity contribution in [1.29, 1.82) is 0 Å². The predicted molar refractivity (Wildman–Crippen MR) is 68.9 cm³/mol. The van der Waals surface area contributed by atoms with Crippen LogP contribution in [0.5, 0.6) is 0 Å². The van der Waals surface area contributed by atoms with Crippen LogP contribution < -0.4 is 11.5 Å². The molecule has 1 aromatic carbocycles. The second kappa shape index (κ2) is 4.14. The summed E-state index contributed by atoms with van der Waals surface area (Å²) in [4.78, 5) is 0. The number of para-hydroxylation sites is 1. The number of nitrogen functional groups attached to an aromatic ring is 1. The van der Waals surface area contributed by atoms with Gasteiger partial charge >= 0.3 is 0 Å². The number of rotatable bonds is 2. The second-order valence-electron chi connectivity index (χ2n) is 4.65. The molecule has 1 aliphatic rings. The van der Waals surface area contributed by atoms with Crippen molar-refractivity contribution in [2.45, 2.75) is 19.4 Å². The van der Waals surface area contributed by atoms with Crippen molar-refractivity contribution in [2.24, 2.45) is 11.1 Å². The Kier molecular flexibility index (Phi) is 2.84. The molecule has 0 amide bonds. The minimum atomic E-state index is -0.0375. The second-order valence-corrected chi connectivity index (χ2v) is 4.65. The van der Waals surface area contributed by atoms with Crippen LogP contribution in [0.15, 0.2) is 48.6 Å². The Bertz CT molecular complexity index is 434. The quantitative estimate of drug-likeness (QED) is 0.742. The molecule has 2 atom stereocenters. The van der Waals surface area contributed by atoms with Gasteiger partial charge < -0.3 is 11.5 Å². The van der Waals surface area contributed by atoms with Crippen LogP contribution >= 0.6 is 0 Å². The summed E-state index contributed by atoms with van der Waals surface area (Å²) in [5, 5.41) is 0. The predicted octanol–water partition coefficient (Wildman–Crippen LogP) is 2.27. The molecule has 4 N–H and O–H groups in total. The average Bonchev–Trinajstić information content (AvgIpc) is 2.26. The Morgan fingerprint density at radius 3 is 2.69 bits per heavy atom. The molecule has 0 saturated carbocycles. The summed E-state index contributed by atoms with van der Waals surface area (Å²) in [7, 11) is 0. The molecule has 0 heterocycles. The lowest BCUT2D eigenvalue weighted by atomic mass is 9.75. The van der Waals surface area contributed by atoms with Gasteiger partial charge in [0.2, 0.25) is 0 Å². The van der Waals surface area contributed by atoms with E-state index in [1.54, 1.807) is 0 Å². The van der Waals surface area contributed by atoms with Gasteiger partial charge in [-0.05, 0) is 18.1 Å². The standard InChI is InChI=1S/C14H18N2/c1-14(9-5-4-8-13(14)16)10-11-6-2-3-7-12(11)15/h2-9,13H,10,15-16H2,1H3. The third-order valence-corrected chi connectivity index (χ3v) is 3.29. The Balaban J connectivity index is 2.24. The molecule has 0 aromatic heterocycles. The Morgan fingerprint density at radius 1 is 1.25 bits per heavy atom. The lowest BCUT2D eigenvalue weighted by Gasteiger charge is -2.33.